The topological polar surface area (TPSA) is 30.8 Å². The fraction of sp³-hybridized carbons (Fsp3) is 0.167. The Bertz CT molecular complexity index is 215. The molecule has 0 saturated heterocycles. The van der Waals surface area contributed by atoms with Gasteiger partial charge in [-0.2, -0.15) is 0 Å². The first kappa shape index (κ1) is 4.61. The smallest absolute Gasteiger partial charge is 0.260 e. The van der Waals surface area contributed by atoms with E-state index < -0.39 is 0 Å². The van der Waals surface area contributed by atoms with Crippen molar-refractivity contribution in [1.29, 1.82) is 0 Å². The molecule has 2 rings (SSSR count). The molecule has 0 unspecified atom stereocenters. The van der Waals surface area contributed by atoms with Crippen molar-refractivity contribution in [2.45, 2.75) is 0 Å². The Balaban J connectivity index is 2.37. The maximum absolute atomic E-state index is 5.04. The number of rotatable bonds is 0. The molecular formula is C6H5NO2. The van der Waals surface area contributed by atoms with E-state index in [0.717, 1.165) is 5.76 Å². The average molecular weight is 123 g/mol. The van der Waals surface area contributed by atoms with E-state index in [9.17, 15) is 0 Å². The Morgan fingerprint density at radius 1 is 1.56 bits per heavy atom. The van der Waals surface area contributed by atoms with Crippen molar-refractivity contribution in [3.8, 4) is 0 Å². The Kier molecular flexibility index (Phi) is 0.828. The molecule has 0 amide bonds. The highest BCUT2D eigenvalue weighted by molar-refractivity contribution is 5.94. The normalized spacial score (nSPS) is 21.3. The van der Waals surface area contributed by atoms with E-state index in [4.69, 9.17) is 9.47 Å². The number of fused-ring (bicyclic) bond motifs is 1. The maximum Gasteiger partial charge on any atom is 0.260 e. The SMILES string of the molecule is C1=COC2=NCOC2=C1. The minimum absolute atomic E-state index is 0.392. The molecule has 2 heterocycles. The lowest BCUT2D eigenvalue weighted by Gasteiger charge is -2.02. The number of ether oxygens (including phenoxy) is 2. The van der Waals surface area contributed by atoms with Crippen LogP contribution in [0.3, 0.4) is 0 Å². The van der Waals surface area contributed by atoms with Crippen LogP contribution in [-0.2, 0) is 9.47 Å². The molecule has 9 heavy (non-hydrogen) atoms. The molecule has 0 aromatic carbocycles. The first-order valence-corrected chi connectivity index (χ1v) is 2.68. The van der Waals surface area contributed by atoms with Gasteiger partial charge in [0, 0.05) is 0 Å². The standard InChI is InChI=1S/C6H5NO2/c1-2-5-6(8-3-1)7-4-9-5/h1-3H,4H2. The molecule has 0 aromatic rings. The molecule has 0 aliphatic carbocycles. The molecule has 2 aliphatic heterocycles. The van der Waals surface area contributed by atoms with Gasteiger partial charge >= 0.3 is 0 Å². The van der Waals surface area contributed by atoms with Gasteiger partial charge < -0.3 is 9.47 Å². The van der Waals surface area contributed by atoms with Crippen LogP contribution in [0.15, 0.2) is 29.2 Å². The summed E-state index contributed by atoms with van der Waals surface area (Å²) in [5.41, 5.74) is 0. The van der Waals surface area contributed by atoms with Crippen LogP contribution in [-0.4, -0.2) is 12.6 Å². The van der Waals surface area contributed by atoms with E-state index in [1.54, 1.807) is 12.3 Å². The third kappa shape index (κ3) is 0.614. The lowest BCUT2D eigenvalue weighted by Crippen LogP contribution is -2.02. The summed E-state index contributed by atoms with van der Waals surface area (Å²) >= 11 is 0. The van der Waals surface area contributed by atoms with Gasteiger partial charge in [0.15, 0.2) is 12.5 Å². The van der Waals surface area contributed by atoms with Crippen molar-refractivity contribution in [3.63, 3.8) is 0 Å². The predicted molar refractivity (Wildman–Crippen MR) is 31.7 cm³/mol. The number of hydrogen-bond donors (Lipinski definition) is 0. The summed E-state index contributed by atoms with van der Waals surface area (Å²) < 4.78 is 10.0. The van der Waals surface area contributed by atoms with Crippen molar-refractivity contribution in [2.24, 2.45) is 4.99 Å². The Morgan fingerprint density at radius 2 is 2.56 bits per heavy atom. The van der Waals surface area contributed by atoms with Crippen molar-refractivity contribution < 1.29 is 9.47 Å². The van der Waals surface area contributed by atoms with Gasteiger partial charge in [0.2, 0.25) is 0 Å². The minimum Gasteiger partial charge on any atom is -0.466 e. The van der Waals surface area contributed by atoms with Crippen molar-refractivity contribution in [2.75, 3.05) is 6.73 Å². The molecule has 0 aromatic heterocycles. The largest absolute Gasteiger partial charge is 0.466 e. The maximum atomic E-state index is 5.04. The first-order valence-electron chi connectivity index (χ1n) is 2.68. The molecule has 0 saturated carbocycles. The lowest BCUT2D eigenvalue weighted by atomic mass is 10.4. The third-order valence-electron chi connectivity index (χ3n) is 1.14. The van der Waals surface area contributed by atoms with Crippen molar-refractivity contribution in [3.05, 3.63) is 24.2 Å². The molecule has 2 aliphatic rings. The lowest BCUT2D eigenvalue weighted by molar-refractivity contribution is 0.256. The van der Waals surface area contributed by atoms with E-state index in [1.165, 1.54) is 0 Å². The molecule has 3 heteroatoms. The van der Waals surface area contributed by atoms with Crippen LogP contribution >= 0.6 is 0 Å². The van der Waals surface area contributed by atoms with Crippen LogP contribution in [0.1, 0.15) is 0 Å². The zero-order valence-corrected chi connectivity index (χ0v) is 4.70. The molecule has 0 atom stereocenters. The monoisotopic (exact) mass is 123 g/mol. The van der Waals surface area contributed by atoms with Crippen molar-refractivity contribution in [1.82, 2.24) is 0 Å². The molecule has 0 N–H and O–H groups in total. The van der Waals surface area contributed by atoms with Gasteiger partial charge in [0.1, 0.15) is 0 Å². The molecule has 46 valence electrons. The predicted octanol–water partition coefficient (Wildman–Crippen LogP) is 0.800. The van der Waals surface area contributed by atoms with Gasteiger partial charge in [-0.3, -0.25) is 0 Å². The van der Waals surface area contributed by atoms with Crippen LogP contribution in [0, 0.1) is 0 Å². The molecule has 0 spiro atoms. The number of aliphatic imine (C=N–C) groups is 1. The quantitative estimate of drug-likeness (QED) is 0.477. The molecule has 0 radical (unpaired) electrons. The van der Waals surface area contributed by atoms with Crippen LogP contribution in [0.5, 0.6) is 0 Å². The van der Waals surface area contributed by atoms with Crippen LogP contribution in [0.25, 0.3) is 0 Å². The second-order valence-electron chi connectivity index (χ2n) is 1.71. The second-order valence-corrected chi connectivity index (χ2v) is 1.71. The van der Waals surface area contributed by atoms with E-state index >= 15 is 0 Å². The van der Waals surface area contributed by atoms with E-state index in [-0.39, 0.29) is 0 Å². The average Bonchev–Trinajstić information content (AvgIpc) is 2.33. The molecule has 3 nitrogen and oxygen atoms in total. The minimum atomic E-state index is 0.392. The Hall–Kier alpha value is -1.25. The summed E-state index contributed by atoms with van der Waals surface area (Å²) in [6, 6.07) is 0. The highest BCUT2D eigenvalue weighted by Crippen LogP contribution is 2.13. The van der Waals surface area contributed by atoms with Crippen LogP contribution in [0.4, 0.5) is 0 Å². The molecule has 0 bridgehead atoms. The zero-order chi connectivity index (χ0) is 6.10. The highest BCUT2D eigenvalue weighted by Gasteiger charge is 2.16. The van der Waals surface area contributed by atoms with Gasteiger partial charge in [-0.25, -0.2) is 4.99 Å². The van der Waals surface area contributed by atoms with E-state index in [0.29, 0.717) is 12.6 Å². The zero-order valence-electron chi connectivity index (χ0n) is 4.70. The Labute approximate surface area is 52.3 Å². The van der Waals surface area contributed by atoms with Crippen LogP contribution < -0.4 is 0 Å². The van der Waals surface area contributed by atoms with Gasteiger partial charge in [-0.05, 0) is 12.2 Å². The third-order valence-corrected chi connectivity index (χ3v) is 1.14. The molecular weight excluding hydrogens is 118 g/mol. The number of nitrogens with zero attached hydrogens (tertiary/aromatic N) is 1. The van der Waals surface area contributed by atoms with Gasteiger partial charge in [0.05, 0.1) is 6.26 Å². The number of hydrogen-bond acceptors (Lipinski definition) is 3. The first-order chi connectivity index (χ1) is 4.47. The van der Waals surface area contributed by atoms with Crippen molar-refractivity contribution >= 4 is 5.90 Å². The summed E-state index contributed by atoms with van der Waals surface area (Å²) in [6.45, 7) is 0.392. The van der Waals surface area contributed by atoms with E-state index in [2.05, 4.69) is 4.99 Å². The summed E-state index contributed by atoms with van der Waals surface area (Å²) in [7, 11) is 0. The van der Waals surface area contributed by atoms with Crippen LogP contribution in [0.2, 0.25) is 0 Å². The molecule has 0 fully saturated rings. The summed E-state index contributed by atoms with van der Waals surface area (Å²) in [5.74, 6) is 1.33. The summed E-state index contributed by atoms with van der Waals surface area (Å²) in [4.78, 5) is 3.91. The van der Waals surface area contributed by atoms with Gasteiger partial charge in [-0.15, -0.1) is 0 Å². The number of allylic oxidation sites excluding steroid dienone is 2. The summed E-state index contributed by atoms with van der Waals surface area (Å²) in [5, 5.41) is 0. The fourth-order valence-corrected chi connectivity index (χ4v) is 0.745. The second kappa shape index (κ2) is 1.62. The summed E-state index contributed by atoms with van der Waals surface area (Å²) in [6.07, 6.45) is 5.19. The Morgan fingerprint density at radius 3 is 3.44 bits per heavy atom. The van der Waals surface area contributed by atoms with Gasteiger partial charge in [-0.1, -0.05) is 0 Å². The van der Waals surface area contributed by atoms with Gasteiger partial charge in [0.25, 0.3) is 5.90 Å². The van der Waals surface area contributed by atoms with E-state index in [1.807, 2.05) is 6.08 Å². The fourth-order valence-electron chi connectivity index (χ4n) is 0.745. The highest BCUT2D eigenvalue weighted by atomic mass is 16.6.